The lowest BCUT2D eigenvalue weighted by Gasteiger charge is -2.16. The maximum atomic E-state index is 13.2. The van der Waals surface area contributed by atoms with Crippen LogP contribution in [0.25, 0.3) is 0 Å². The maximum absolute atomic E-state index is 13.2. The molecule has 0 bridgehead atoms. The number of carboxylic acids is 1. The third-order valence-electron chi connectivity index (χ3n) is 3.19. The average Bonchev–Trinajstić information content (AvgIpc) is 2.47. The number of hydrogen-bond donors (Lipinski definition) is 2. The van der Waals surface area contributed by atoms with E-state index in [0.717, 1.165) is 18.2 Å². The summed E-state index contributed by atoms with van der Waals surface area (Å²) in [6.45, 7) is 1.71. The molecule has 0 aliphatic heterocycles. The molecule has 6 heteroatoms. The van der Waals surface area contributed by atoms with Crippen LogP contribution in [-0.4, -0.2) is 17.0 Å². The molecule has 0 aliphatic rings. The van der Waals surface area contributed by atoms with Crippen molar-refractivity contribution in [1.29, 1.82) is 0 Å². The standard InChI is InChI=1S/C16H13F2NO3/c1-9-4-2-3-5-11(9)15(20)19-14(16(21)22)10-6-7-12(17)13(18)8-10/h2-8,14H,1H3,(H,19,20)(H,21,22)/t14-/m0/s1. The molecule has 0 unspecified atom stereocenters. The zero-order chi connectivity index (χ0) is 16.3. The number of amides is 1. The Bertz CT molecular complexity index is 731. The Balaban J connectivity index is 2.30. The van der Waals surface area contributed by atoms with Crippen molar-refractivity contribution < 1.29 is 23.5 Å². The number of carbonyl (C=O) groups is 2. The number of benzene rings is 2. The molecule has 4 nitrogen and oxygen atoms in total. The third kappa shape index (κ3) is 3.28. The highest BCUT2D eigenvalue weighted by Gasteiger charge is 2.24. The molecule has 22 heavy (non-hydrogen) atoms. The molecule has 114 valence electrons. The van der Waals surface area contributed by atoms with Crippen LogP contribution in [0.5, 0.6) is 0 Å². The van der Waals surface area contributed by atoms with Crippen molar-refractivity contribution in [2.24, 2.45) is 0 Å². The molecule has 2 aromatic rings. The lowest BCUT2D eigenvalue weighted by molar-refractivity contribution is -0.139. The van der Waals surface area contributed by atoms with Crippen LogP contribution in [0.15, 0.2) is 42.5 Å². The SMILES string of the molecule is Cc1ccccc1C(=O)N[C@H](C(=O)O)c1ccc(F)c(F)c1. The maximum Gasteiger partial charge on any atom is 0.330 e. The van der Waals surface area contributed by atoms with Gasteiger partial charge < -0.3 is 10.4 Å². The van der Waals surface area contributed by atoms with Gasteiger partial charge in [-0.1, -0.05) is 24.3 Å². The normalized spacial score (nSPS) is 11.8. The molecule has 0 fully saturated rings. The van der Waals surface area contributed by atoms with Crippen LogP contribution in [0.2, 0.25) is 0 Å². The Morgan fingerprint density at radius 2 is 1.77 bits per heavy atom. The van der Waals surface area contributed by atoms with Gasteiger partial charge in [-0.25, -0.2) is 13.6 Å². The highest BCUT2D eigenvalue weighted by Crippen LogP contribution is 2.18. The Kier molecular flexibility index (Phi) is 4.50. The molecule has 2 rings (SSSR count). The zero-order valence-electron chi connectivity index (χ0n) is 11.6. The van der Waals surface area contributed by atoms with Crippen molar-refractivity contribution in [1.82, 2.24) is 5.32 Å². The second-order valence-corrected chi connectivity index (χ2v) is 4.73. The number of rotatable bonds is 4. The van der Waals surface area contributed by atoms with E-state index in [-0.39, 0.29) is 5.56 Å². The minimum absolute atomic E-state index is 0.0478. The van der Waals surface area contributed by atoms with Crippen LogP contribution in [-0.2, 0) is 4.79 Å². The fraction of sp³-hybridized carbons (Fsp3) is 0.125. The van der Waals surface area contributed by atoms with Gasteiger partial charge in [0.25, 0.3) is 5.91 Å². The van der Waals surface area contributed by atoms with Gasteiger partial charge in [0, 0.05) is 5.56 Å². The van der Waals surface area contributed by atoms with E-state index in [9.17, 15) is 23.5 Å². The first kappa shape index (κ1) is 15.6. The Morgan fingerprint density at radius 1 is 1.09 bits per heavy atom. The van der Waals surface area contributed by atoms with E-state index in [2.05, 4.69) is 5.32 Å². The first-order valence-electron chi connectivity index (χ1n) is 6.44. The predicted molar refractivity (Wildman–Crippen MR) is 75.4 cm³/mol. The van der Waals surface area contributed by atoms with Gasteiger partial charge >= 0.3 is 5.97 Å². The number of nitrogens with one attached hydrogen (secondary N) is 1. The lowest BCUT2D eigenvalue weighted by Crippen LogP contribution is -2.34. The van der Waals surface area contributed by atoms with Crippen molar-refractivity contribution in [3.05, 3.63) is 70.8 Å². The highest BCUT2D eigenvalue weighted by molar-refractivity contribution is 5.98. The van der Waals surface area contributed by atoms with Gasteiger partial charge in [0.2, 0.25) is 0 Å². The van der Waals surface area contributed by atoms with Gasteiger partial charge in [-0.2, -0.15) is 0 Å². The van der Waals surface area contributed by atoms with Gasteiger partial charge in [-0.05, 0) is 36.2 Å². The summed E-state index contributed by atoms with van der Waals surface area (Å²) < 4.78 is 26.2. The molecule has 0 aliphatic carbocycles. The number of aliphatic carboxylic acids is 1. The fourth-order valence-electron chi connectivity index (χ4n) is 2.02. The molecular weight excluding hydrogens is 292 g/mol. The van der Waals surface area contributed by atoms with Crippen LogP contribution in [0, 0.1) is 18.6 Å². The van der Waals surface area contributed by atoms with Crippen molar-refractivity contribution >= 4 is 11.9 Å². The summed E-state index contributed by atoms with van der Waals surface area (Å²) in [5.41, 5.74) is 0.944. The number of carboxylic acid groups (broad SMARTS) is 1. The molecule has 0 aromatic heterocycles. The van der Waals surface area contributed by atoms with E-state index >= 15 is 0 Å². The molecular formula is C16H13F2NO3. The number of aryl methyl sites for hydroxylation is 1. The largest absolute Gasteiger partial charge is 0.479 e. The first-order chi connectivity index (χ1) is 10.4. The average molecular weight is 305 g/mol. The quantitative estimate of drug-likeness (QED) is 0.913. The Morgan fingerprint density at radius 3 is 2.36 bits per heavy atom. The van der Waals surface area contributed by atoms with Crippen molar-refractivity contribution in [2.45, 2.75) is 13.0 Å². The third-order valence-corrected chi connectivity index (χ3v) is 3.19. The van der Waals surface area contributed by atoms with Gasteiger partial charge in [-0.3, -0.25) is 4.79 Å². The molecule has 0 heterocycles. The molecule has 0 spiro atoms. The predicted octanol–water partition coefficient (Wildman–Crippen LogP) is 2.83. The van der Waals surface area contributed by atoms with Gasteiger partial charge in [0.05, 0.1) is 0 Å². The van der Waals surface area contributed by atoms with Crippen LogP contribution >= 0.6 is 0 Å². The smallest absolute Gasteiger partial charge is 0.330 e. The molecule has 2 aromatic carbocycles. The minimum atomic E-state index is -1.47. The molecule has 0 saturated carbocycles. The van der Waals surface area contributed by atoms with Crippen molar-refractivity contribution in [3.63, 3.8) is 0 Å². The minimum Gasteiger partial charge on any atom is -0.479 e. The summed E-state index contributed by atoms with van der Waals surface area (Å²) in [6, 6.07) is 7.88. The second kappa shape index (κ2) is 6.34. The van der Waals surface area contributed by atoms with Crippen molar-refractivity contribution in [3.8, 4) is 0 Å². The first-order valence-corrected chi connectivity index (χ1v) is 6.44. The second-order valence-electron chi connectivity index (χ2n) is 4.73. The molecule has 0 radical (unpaired) electrons. The van der Waals surface area contributed by atoms with Crippen LogP contribution in [0.3, 0.4) is 0 Å². The molecule has 2 N–H and O–H groups in total. The Labute approximate surface area is 125 Å². The number of hydrogen-bond acceptors (Lipinski definition) is 2. The van der Waals surface area contributed by atoms with Crippen LogP contribution in [0.1, 0.15) is 27.5 Å². The summed E-state index contributed by atoms with van der Waals surface area (Å²) in [5.74, 6) is -4.23. The Hall–Kier alpha value is -2.76. The van der Waals surface area contributed by atoms with Gasteiger partial charge in [0.1, 0.15) is 0 Å². The number of halogens is 2. The summed E-state index contributed by atoms with van der Waals surface area (Å²) in [6.07, 6.45) is 0. The topological polar surface area (TPSA) is 66.4 Å². The molecule has 1 atom stereocenters. The summed E-state index contributed by atoms with van der Waals surface area (Å²) in [5, 5.41) is 11.5. The van der Waals surface area contributed by atoms with Gasteiger partial charge in [0.15, 0.2) is 17.7 Å². The summed E-state index contributed by atoms with van der Waals surface area (Å²) >= 11 is 0. The van der Waals surface area contributed by atoms with Crippen LogP contribution in [0.4, 0.5) is 8.78 Å². The summed E-state index contributed by atoms with van der Waals surface area (Å²) in [4.78, 5) is 23.5. The summed E-state index contributed by atoms with van der Waals surface area (Å²) in [7, 11) is 0. The zero-order valence-corrected chi connectivity index (χ0v) is 11.6. The number of carbonyl (C=O) groups excluding carboxylic acids is 1. The van der Waals surface area contributed by atoms with E-state index < -0.39 is 29.6 Å². The fourth-order valence-corrected chi connectivity index (χ4v) is 2.02. The van der Waals surface area contributed by atoms with Gasteiger partial charge in [-0.15, -0.1) is 0 Å². The van der Waals surface area contributed by atoms with Crippen molar-refractivity contribution in [2.75, 3.05) is 0 Å². The van der Waals surface area contributed by atoms with E-state index in [1.807, 2.05) is 0 Å². The lowest BCUT2D eigenvalue weighted by atomic mass is 10.0. The van der Waals surface area contributed by atoms with E-state index in [1.54, 1.807) is 31.2 Å². The van der Waals surface area contributed by atoms with E-state index in [4.69, 9.17) is 0 Å². The molecule has 0 saturated heterocycles. The van der Waals surface area contributed by atoms with E-state index in [0.29, 0.717) is 11.1 Å². The van der Waals surface area contributed by atoms with E-state index in [1.165, 1.54) is 0 Å². The monoisotopic (exact) mass is 305 g/mol. The highest BCUT2D eigenvalue weighted by atomic mass is 19.2. The van der Waals surface area contributed by atoms with Crippen LogP contribution < -0.4 is 5.32 Å². The molecule has 1 amide bonds.